The van der Waals surface area contributed by atoms with Crippen molar-refractivity contribution in [2.24, 2.45) is 23.7 Å². The standard InChI is InChI=1S/C21H36O4/c1-2-15-13-17(15)14-18(22)11-9-16-10-12-20(23)19(16)7-5-3-4-6-8-21(24)25/h6,8,15-20,22-23H,2-5,7,9-14H2,1H3,(H,24,25)/b8-6-/t15?,16-,17?,18?,19+,20-/m0/s1. The van der Waals surface area contributed by atoms with Crippen LogP contribution in [0.3, 0.4) is 0 Å². The van der Waals surface area contributed by atoms with E-state index in [1.165, 1.54) is 18.9 Å². The Labute approximate surface area is 152 Å². The van der Waals surface area contributed by atoms with E-state index in [-0.39, 0.29) is 12.2 Å². The van der Waals surface area contributed by atoms with Crippen LogP contribution in [-0.4, -0.2) is 33.5 Å². The van der Waals surface area contributed by atoms with Crippen LogP contribution in [0.15, 0.2) is 12.2 Å². The first-order chi connectivity index (χ1) is 12.0. The van der Waals surface area contributed by atoms with Gasteiger partial charge in [-0.1, -0.05) is 25.8 Å². The molecule has 2 aliphatic rings. The van der Waals surface area contributed by atoms with E-state index in [2.05, 4.69) is 6.92 Å². The molecule has 3 N–H and O–H groups in total. The van der Waals surface area contributed by atoms with E-state index in [0.29, 0.717) is 11.8 Å². The lowest BCUT2D eigenvalue weighted by Crippen LogP contribution is -2.20. The predicted molar refractivity (Wildman–Crippen MR) is 99.2 cm³/mol. The Balaban J connectivity index is 1.62. The van der Waals surface area contributed by atoms with Crippen LogP contribution in [0.25, 0.3) is 0 Å². The second kappa shape index (κ2) is 10.3. The molecule has 6 atom stereocenters. The molecule has 0 bridgehead atoms. The number of hydrogen-bond donors (Lipinski definition) is 3. The highest BCUT2D eigenvalue weighted by molar-refractivity contribution is 5.79. The topological polar surface area (TPSA) is 77.8 Å². The molecule has 0 heterocycles. The quantitative estimate of drug-likeness (QED) is 0.364. The molecule has 2 fully saturated rings. The van der Waals surface area contributed by atoms with E-state index < -0.39 is 5.97 Å². The first-order valence-electron chi connectivity index (χ1n) is 10.3. The number of carboxylic acids is 1. The fourth-order valence-electron chi connectivity index (χ4n) is 4.71. The molecule has 0 aliphatic heterocycles. The lowest BCUT2D eigenvalue weighted by atomic mass is 9.85. The van der Waals surface area contributed by atoms with Gasteiger partial charge in [-0.3, -0.25) is 0 Å². The average molecular weight is 353 g/mol. The van der Waals surface area contributed by atoms with Gasteiger partial charge < -0.3 is 15.3 Å². The highest BCUT2D eigenvalue weighted by Crippen LogP contribution is 2.45. The highest BCUT2D eigenvalue weighted by atomic mass is 16.4. The zero-order valence-corrected chi connectivity index (χ0v) is 15.6. The van der Waals surface area contributed by atoms with Gasteiger partial charge in [-0.15, -0.1) is 0 Å². The third-order valence-electron chi connectivity index (χ3n) is 6.39. The van der Waals surface area contributed by atoms with Gasteiger partial charge in [0.15, 0.2) is 0 Å². The van der Waals surface area contributed by atoms with Gasteiger partial charge in [0.1, 0.15) is 0 Å². The molecule has 0 amide bonds. The average Bonchev–Trinajstić information content (AvgIpc) is 3.23. The minimum atomic E-state index is -0.888. The van der Waals surface area contributed by atoms with Gasteiger partial charge in [-0.2, -0.15) is 0 Å². The molecule has 2 aliphatic carbocycles. The van der Waals surface area contributed by atoms with Crippen LogP contribution in [0.2, 0.25) is 0 Å². The minimum Gasteiger partial charge on any atom is -0.478 e. The maximum absolute atomic E-state index is 10.4. The number of hydrogen-bond acceptors (Lipinski definition) is 3. The third kappa shape index (κ3) is 7.10. The van der Waals surface area contributed by atoms with Crippen LogP contribution in [0.4, 0.5) is 0 Å². The second-order valence-corrected chi connectivity index (χ2v) is 8.22. The molecular weight excluding hydrogens is 316 g/mol. The highest BCUT2D eigenvalue weighted by Gasteiger charge is 2.37. The Bertz CT molecular complexity index is 434. The van der Waals surface area contributed by atoms with E-state index in [9.17, 15) is 15.0 Å². The molecule has 0 saturated heterocycles. The summed E-state index contributed by atoms with van der Waals surface area (Å²) in [7, 11) is 0. The summed E-state index contributed by atoms with van der Waals surface area (Å²) in [4.78, 5) is 10.4. The number of carboxylic acid groups (broad SMARTS) is 1. The smallest absolute Gasteiger partial charge is 0.327 e. The van der Waals surface area contributed by atoms with Crippen molar-refractivity contribution < 1.29 is 20.1 Å². The molecule has 0 spiro atoms. The molecule has 0 aromatic heterocycles. The summed E-state index contributed by atoms with van der Waals surface area (Å²) < 4.78 is 0. The van der Waals surface area contributed by atoms with E-state index in [1.54, 1.807) is 6.08 Å². The Kier molecular flexibility index (Phi) is 8.44. The molecule has 2 saturated carbocycles. The Morgan fingerprint density at radius 2 is 1.96 bits per heavy atom. The summed E-state index contributed by atoms with van der Waals surface area (Å²) >= 11 is 0. The minimum absolute atomic E-state index is 0.166. The molecule has 2 rings (SSSR count). The molecule has 144 valence electrons. The van der Waals surface area contributed by atoms with Crippen molar-refractivity contribution in [2.45, 2.75) is 89.8 Å². The number of aliphatic hydroxyl groups excluding tert-OH is 2. The van der Waals surface area contributed by atoms with Gasteiger partial charge in [0, 0.05) is 6.08 Å². The summed E-state index contributed by atoms with van der Waals surface area (Å²) in [6, 6.07) is 0. The summed E-state index contributed by atoms with van der Waals surface area (Å²) in [5.41, 5.74) is 0. The van der Waals surface area contributed by atoms with Crippen LogP contribution < -0.4 is 0 Å². The van der Waals surface area contributed by atoms with Crippen LogP contribution in [0, 0.1) is 23.7 Å². The first kappa shape index (κ1) is 20.4. The Hall–Kier alpha value is -0.870. The zero-order valence-electron chi connectivity index (χ0n) is 15.6. The number of rotatable bonds is 12. The molecule has 4 nitrogen and oxygen atoms in total. The summed E-state index contributed by atoms with van der Waals surface area (Å²) in [6.07, 6.45) is 13.8. The molecule has 0 aromatic carbocycles. The van der Waals surface area contributed by atoms with Crippen LogP contribution >= 0.6 is 0 Å². The monoisotopic (exact) mass is 352 g/mol. The van der Waals surface area contributed by atoms with Gasteiger partial charge in [-0.05, 0) is 81.5 Å². The van der Waals surface area contributed by atoms with E-state index in [0.717, 1.165) is 69.6 Å². The van der Waals surface area contributed by atoms with Gasteiger partial charge in [0.25, 0.3) is 0 Å². The number of aliphatic carboxylic acids is 1. The number of unbranched alkanes of at least 4 members (excludes halogenated alkanes) is 2. The lowest BCUT2D eigenvalue weighted by Gasteiger charge is -2.23. The molecule has 0 aromatic rings. The van der Waals surface area contributed by atoms with Crippen molar-refractivity contribution in [3.8, 4) is 0 Å². The van der Waals surface area contributed by atoms with Crippen molar-refractivity contribution in [1.29, 1.82) is 0 Å². The molecule has 4 heteroatoms. The number of allylic oxidation sites excluding steroid dienone is 1. The maximum atomic E-state index is 10.4. The third-order valence-corrected chi connectivity index (χ3v) is 6.39. The van der Waals surface area contributed by atoms with E-state index in [4.69, 9.17) is 5.11 Å². The van der Waals surface area contributed by atoms with Crippen LogP contribution in [0.5, 0.6) is 0 Å². The largest absolute Gasteiger partial charge is 0.478 e. The van der Waals surface area contributed by atoms with Crippen LogP contribution in [0.1, 0.15) is 77.6 Å². The molecular formula is C21H36O4. The van der Waals surface area contributed by atoms with Crippen LogP contribution in [-0.2, 0) is 4.79 Å². The Morgan fingerprint density at radius 1 is 1.16 bits per heavy atom. The SMILES string of the molecule is CCC1CC1CC(O)CC[C@H]1CC[C@H](O)[C@@H]1CCCC/C=C\C(=O)O. The molecule has 3 unspecified atom stereocenters. The fourth-order valence-corrected chi connectivity index (χ4v) is 4.71. The molecule has 0 radical (unpaired) electrons. The maximum Gasteiger partial charge on any atom is 0.327 e. The number of aliphatic hydroxyl groups is 2. The first-order valence-corrected chi connectivity index (χ1v) is 10.3. The fraction of sp³-hybridized carbons (Fsp3) is 0.857. The van der Waals surface area contributed by atoms with Gasteiger partial charge in [0.05, 0.1) is 12.2 Å². The van der Waals surface area contributed by atoms with Gasteiger partial charge in [-0.25, -0.2) is 4.79 Å². The zero-order chi connectivity index (χ0) is 18.2. The van der Waals surface area contributed by atoms with Gasteiger partial charge in [0.2, 0.25) is 0 Å². The van der Waals surface area contributed by atoms with Crippen molar-refractivity contribution in [1.82, 2.24) is 0 Å². The van der Waals surface area contributed by atoms with Crippen molar-refractivity contribution in [3.05, 3.63) is 12.2 Å². The van der Waals surface area contributed by atoms with E-state index in [1.807, 2.05) is 0 Å². The van der Waals surface area contributed by atoms with Crippen molar-refractivity contribution in [3.63, 3.8) is 0 Å². The lowest BCUT2D eigenvalue weighted by molar-refractivity contribution is -0.131. The van der Waals surface area contributed by atoms with Crippen molar-refractivity contribution in [2.75, 3.05) is 0 Å². The van der Waals surface area contributed by atoms with Gasteiger partial charge >= 0.3 is 5.97 Å². The van der Waals surface area contributed by atoms with Crippen molar-refractivity contribution >= 4 is 5.97 Å². The normalized spacial score (nSPS) is 33.0. The van der Waals surface area contributed by atoms with E-state index >= 15 is 0 Å². The second-order valence-electron chi connectivity index (χ2n) is 8.22. The Morgan fingerprint density at radius 3 is 2.64 bits per heavy atom. The molecule has 25 heavy (non-hydrogen) atoms. The summed E-state index contributed by atoms with van der Waals surface area (Å²) in [5.74, 6) is 1.62. The number of carbonyl (C=O) groups is 1. The predicted octanol–water partition coefficient (Wildman–Crippen LogP) is 4.15. The summed E-state index contributed by atoms with van der Waals surface area (Å²) in [5, 5.41) is 29.1. The summed E-state index contributed by atoms with van der Waals surface area (Å²) in [6.45, 7) is 2.24.